The minimum Gasteiger partial charge on any atom is -0.387 e. The van der Waals surface area contributed by atoms with Gasteiger partial charge in [-0.05, 0) is 31.2 Å². The lowest BCUT2D eigenvalue weighted by molar-refractivity contribution is 0.0955. The first kappa shape index (κ1) is 23.6. The lowest BCUT2D eigenvalue weighted by Crippen LogP contribution is -2.22. The fourth-order valence-electron chi connectivity index (χ4n) is 2.67. The molecule has 0 unspecified atom stereocenters. The second kappa shape index (κ2) is 12.1. The Bertz CT molecular complexity index is 1110. The summed E-state index contributed by atoms with van der Waals surface area (Å²) in [6.07, 6.45) is 4.49. The van der Waals surface area contributed by atoms with Crippen LogP contribution in [0, 0.1) is 0 Å². The van der Waals surface area contributed by atoms with Crippen molar-refractivity contribution in [1.82, 2.24) is 15.3 Å². The maximum Gasteiger partial charge on any atom is 0.251 e. The maximum atomic E-state index is 11.9. The summed E-state index contributed by atoms with van der Waals surface area (Å²) in [4.78, 5) is 34.1. The molecule has 2 heterocycles. The molecule has 0 aliphatic heterocycles. The highest BCUT2D eigenvalue weighted by Crippen LogP contribution is 2.35. The van der Waals surface area contributed by atoms with E-state index in [2.05, 4.69) is 20.6 Å². The highest BCUT2D eigenvalue weighted by Gasteiger charge is 2.11. The zero-order valence-corrected chi connectivity index (χ0v) is 20.0. The van der Waals surface area contributed by atoms with E-state index < -0.39 is 0 Å². The SMILES string of the molecule is CCNC(=O)c1ccc(Sc2ccccc2C=O)c(NC)c1.c1csc(-c2cncs2)n1. The van der Waals surface area contributed by atoms with E-state index in [0.717, 1.165) is 31.6 Å². The number of rotatable bonds is 7. The van der Waals surface area contributed by atoms with Crippen LogP contribution in [-0.4, -0.2) is 35.8 Å². The second-order valence-corrected chi connectivity index (χ2v) is 9.15. The summed E-state index contributed by atoms with van der Waals surface area (Å²) in [6, 6.07) is 12.9. The summed E-state index contributed by atoms with van der Waals surface area (Å²) in [5.41, 5.74) is 3.94. The van der Waals surface area contributed by atoms with Gasteiger partial charge in [0.05, 0.1) is 10.4 Å². The zero-order valence-electron chi connectivity index (χ0n) is 17.6. The summed E-state index contributed by atoms with van der Waals surface area (Å²) in [5.74, 6) is -0.0937. The largest absolute Gasteiger partial charge is 0.387 e. The monoisotopic (exact) mass is 482 g/mol. The third-order valence-corrected chi connectivity index (χ3v) is 7.07. The van der Waals surface area contributed by atoms with Crippen molar-refractivity contribution in [3.8, 4) is 9.88 Å². The summed E-state index contributed by atoms with van der Waals surface area (Å²) in [6.45, 7) is 2.48. The molecular formula is C23H22N4O2S3. The average Bonchev–Trinajstić information content (AvgIpc) is 3.54. The number of carbonyl (C=O) groups excluding carboxylic acids is 2. The second-order valence-electron chi connectivity index (χ2n) is 6.28. The van der Waals surface area contributed by atoms with Crippen molar-refractivity contribution in [3.05, 3.63) is 76.9 Å². The van der Waals surface area contributed by atoms with Gasteiger partial charge in [0.25, 0.3) is 5.91 Å². The van der Waals surface area contributed by atoms with Crippen molar-refractivity contribution in [2.75, 3.05) is 18.9 Å². The number of nitrogens with one attached hydrogen (secondary N) is 2. The number of benzene rings is 2. The van der Waals surface area contributed by atoms with Gasteiger partial charge in [-0.15, -0.1) is 22.7 Å². The molecular weight excluding hydrogens is 460 g/mol. The Labute approximate surface area is 199 Å². The van der Waals surface area contributed by atoms with Crippen LogP contribution in [-0.2, 0) is 0 Å². The zero-order chi connectivity index (χ0) is 22.8. The molecule has 1 amide bonds. The van der Waals surface area contributed by atoms with Gasteiger partial charge in [-0.2, -0.15) is 0 Å². The molecule has 0 spiro atoms. The van der Waals surface area contributed by atoms with Gasteiger partial charge in [0, 0.05) is 58.0 Å². The molecule has 0 radical (unpaired) electrons. The topological polar surface area (TPSA) is 84.0 Å². The Hall–Kier alpha value is -3.01. The quantitative estimate of drug-likeness (QED) is 0.328. The molecule has 32 heavy (non-hydrogen) atoms. The molecule has 0 saturated heterocycles. The van der Waals surface area contributed by atoms with Crippen LogP contribution in [0.4, 0.5) is 5.69 Å². The molecule has 0 aliphatic carbocycles. The predicted octanol–water partition coefficient (Wildman–Crippen LogP) is 5.71. The number of aldehydes is 1. The standard InChI is InChI=1S/C17H18N2O2S.C6H4N2S2/c1-3-19-17(21)12-8-9-16(14(10-12)18-2)22-15-7-5-4-6-13(15)11-20;1-2-9-6(8-1)5-3-7-4-10-5/h4-11,18H,3H2,1-2H3,(H,19,21);1-4H. The van der Waals surface area contributed by atoms with Crippen molar-refractivity contribution in [1.29, 1.82) is 0 Å². The fourth-order valence-corrected chi connectivity index (χ4v) is 5.04. The molecule has 4 aromatic rings. The number of hydrogen-bond acceptors (Lipinski definition) is 8. The summed E-state index contributed by atoms with van der Waals surface area (Å²) >= 11 is 4.76. The summed E-state index contributed by atoms with van der Waals surface area (Å²) in [7, 11) is 1.81. The molecule has 2 aromatic carbocycles. The minimum absolute atomic E-state index is 0.0937. The van der Waals surface area contributed by atoms with E-state index >= 15 is 0 Å². The minimum atomic E-state index is -0.0937. The first-order chi connectivity index (χ1) is 15.7. The van der Waals surface area contributed by atoms with E-state index in [9.17, 15) is 9.59 Å². The molecule has 0 fully saturated rings. The van der Waals surface area contributed by atoms with E-state index in [1.165, 1.54) is 11.8 Å². The van der Waals surface area contributed by atoms with Crippen LogP contribution in [0.15, 0.2) is 75.5 Å². The number of hydrogen-bond donors (Lipinski definition) is 2. The summed E-state index contributed by atoms with van der Waals surface area (Å²) in [5, 5.41) is 8.91. The van der Waals surface area contributed by atoms with Crippen LogP contribution in [0.3, 0.4) is 0 Å². The molecule has 2 N–H and O–H groups in total. The number of amides is 1. The van der Waals surface area contributed by atoms with Crippen molar-refractivity contribution in [2.45, 2.75) is 16.7 Å². The van der Waals surface area contributed by atoms with Crippen LogP contribution in [0.25, 0.3) is 9.88 Å². The van der Waals surface area contributed by atoms with Crippen LogP contribution >= 0.6 is 34.4 Å². The van der Waals surface area contributed by atoms with Crippen LogP contribution < -0.4 is 10.6 Å². The van der Waals surface area contributed by atoms with E-state index in [-0.39, 0.29) is 5.91 Å². The molecule has 0 atom stereocenters. The Morgan fingerprint density at radius 1 is 1.16 bits per heavy atom. The lowest BCUT2D eigenvalue weighted by Gasteiger charge is -2.12. The predicted molar refractivity (Wildman–Crippen MR) is 133 cm³/mol. The maximum absolute atomic E-state index is 11.9. The molecule has 164 valence electrons. The number of carbonyl (C=O) groups is 2. The normalized spacial score (nSPS) is 10.1. The molecule has 9 heteroatoms. The van der Waals surface area contributed by atoms with Gasteiger partial charge in [0.2, 0.25) is 0 Å². The van der Waals surface area contributed by atoms with Crippen molar-refractivity contribution >= 4 is 52.3 Å². The molecule has 0 saturated carbocycles. The smallest absolute Gasteiger partial charge is 0.251 e. The molecule has 0 aliphatic rings. The fraction of sp³-hybridized carbons (Fsp3) is 0.130. The average molecular weight is 483 g/mol. The van der Waals surface area contributed by atoms with Gasteiger partial charge in [-0.25, -0.2) is 4.98 Å². The highest BCUT2D eigenvalue weighted by molar-refractivity contribution is 7.99. The number of anilines is 1. The van der Waals surface area contributed by atoms with Crippen LogP contribution in [0.2, 0.25) is 0 Å². The van der Waals surface area contributed by atoms with Gasteiger partial charge < -0.3 is 10.6 Å². The number of nitrogens with zero attached hydrogens (tertiary/aromatic N) is 2. The Morgan fingerprint density at radius 3 is 2.66 bits per heavy atom. The first-order valence-electron chi connectivity index (χ1n) is 9.76. The molecule has 6 nitrogen and oxygen atoms in total. The Morgan fingerprint density at radius 2 is 2.00 bits per heavy atom. The first-order valence-corrected chi connectivity index (χ1v) is 12.3. The highest BCUT2D eigenvalue weighted by atomic mass is 32.2. The van der Waals surface area contributed by atoms with Gasteiger partial charge in [0.15, 0.2) is 6.29 Å². The lowest BCUT2D eigenvalue weighted by atomic mass is 10.2. The van der Waals surface area contributed by atoms with Crippen LogP contribution in [0.1, 0.15) is 27.6 Å². The van der Waals surface area contributed by atoms with Crippen molar-refractivity contribution in [2.24, 2.45) is 0 Å². The summed E-state index contributed by atoms with van der Waals surface area (Å²) < 4.78 is 0. The molecule has 2 aromatic heterocycles. The molecule has 0 bridgehead atoms. The van der Waals surface area contributed by atoms with E-state index in [1.807, 2.05) is 61.4 Å². The van der Waals surface area contributed by atoms with Crippen LogP contribution in [0.5, 0.6) is 0 Å². The van der Waals surface area contributed by atoms with Crippen molar-refractivity contribution in [3.63, 3.8) is 0 Å². The number of thiazole rings is 2. The number of aromatic nitrogens is 2. The van der Waals surface area contributed by atoms with Crippen molar-refractivity contribution < 1.29 is 9.59 Å². The Balaban J connectivity index is 0.000000238. The Kier molecular flexibility index (Phi) is 8.97. The third kappa shape index (κ3) is 6.25. The van der Waals surface area contributed by atoms with Gasteiger partial charge in [0.1, 0.15) is 5.01 Å². The van der Waals surface area contributed by atoms with E-state index in [4.69, 9.17) is 0 Å². The molecule has 4 rings (SSSR count). The van der Waals surface area contributed by atoms with Gasteiger partial charge >= 0.3 is 0 Å². The third-order valence-electron chi connectivity index (χ3n) is 4.19. The van der Waals surface area contributed by atoms with E-state index in [0.29, 0.717) is 17.7 Å². The van der Waals surface area contributed by atoms with E-state index in [1.54, 1.807) is 41.0 Å². The van der Waals surface area contributed by atoms with Gasteiger partial charge in [-0.3, -0.25) is 14.6 Å². The van der Waals surface area contributed by atoms with Gasteiger partial charge in [-0.1, -0.05) is 30.0 Å².